The average molecular weight is 908 g/mol. The number of anilines is 2. The predicted octanol–water partition coefficient (Wildman–Crippen LogP) is 8.95. The maximum absolute atomic E-state index is 6.73. The van der Waals surface area contributed by atoms with E-state index in [0.717, 1.165) is 61.3 Å². The van der Waals surface area contributed by atoms with E-state index >= 15 is 0 Å². The van der Waals surface area contributed by atoms with E-state index in [4.69, 9.17) is 9.72 Å². The molecule has 6 aromatic carbocycles. The van der Waals surface area contributed by atoms with Gasteiger partial charge in [0, 0.05) is 89.3 Å². The van der Waals surface area contributed by atoms with Gasteiger partial charge in [0.25, 0.3) is 0 Å². The largest absolute Gasteiger partial charge is 0.510 e. The van der Waals surface area contributed by atoms with Crippen LogP contribution >= 0.6 is 0 Å². The van der Waals surface area contributed by atoms with E-state index in [1.54, 1.807) is 0 Å². The van der Waals surface area contributed by atoms with Crippen molar-refractivity contribution in [3.05, 3.63) is 168 Å². The number of benzene rings is 6. The van der Waals surface area contributed by atoms with Gasteiger partial charge < -0.3 is 28.2 Å². The Balaban J connectivity index is 0.00000384. The molecular weight excluding hydrogens is 872 g/mol. The molecule has 0 unspecified atom stereocenters. The Morgan fingerprint density at radius 3 is 2.07 bits per heavy atom. The van der Waals surface area contributed by atoms with Gasteiger partial charge in [-0.3, -0.25) is 0 Å². The number of aromatic nitrogens is 4. The molecule has 0 atom stereocenters. The Morgan fingerprint density at radius 1 is 0.661 bits per heavy atom. The van der Waals surface area contributed by atoms with Crippen LogP contribution in [-0.4, -0.2) is 42.3 Å². The molecule has 1 spiro atoms. The SMILES string of the molecule is CN(C)c1ccc2c(c1)C1(c3ccc(Oc4[c-]c5c(cc4)c4ccccc4n5-c4ccccn4)[c-]c3-n3[c-][n+](C)c4cccc1c43)c1cc(N(C)C)ccc1-2.[Pt]. The Bertz CT molecular complexity index is 2990. The second-order valence-electron chi connectivity index (χ2n) is 15.0. The summed E-state index contributed by atoms with van der Waals surface area (Å²) in [6.07, 6.45) is 5.45. The molecule has 7 nitrogen and oxygen atoms in total. The van der Waals surface area contributed by atoms with Crippen LogP contribution in [0.5, 0.6) is 11.5 Å². The molecule has 0 N–H and O–H groups in total. The zero-order chi connectivity index (χ0) is 37.2. The number of imidazole rings is 1. The van der Waals surface area contributed by atoms with Gasteiger partial charge in [-0.25, -0.2) is 4.98 Å². The van der Waals surface area contributed by atoms with E-state index in [2.05, 4.69) is 174 Å². The number of aryl methyl sites for hydroxylation is 1. The van der Waals surface area contributed by atoms with Crippen LogP contribution in [0.2, 0.25) is 0 Å². The van der Waals surface area contributed by atoms with Gasteiger partial charge >= 0.3 is 0 Å². The summed E-state index contributed by atoms with van der Waals surface area (Å²) in [5.74, 6) is 2.04. The Hall–Kier alpha value is -6.17. The van der Waals surface area contributed by atoms with Crippen molar-refractivity contribution in [2.24, 2.45) is 7.05 Å². The fourth-order valence-corrected chi connectivity index (χ4v) is 9.12. The number of rotatable bonds is 5. The number of hydrogen-bond donors (Lipinski definition) is 0. The minimum Gasteiger partial charge on any atom is -0.510 e. The molecule has 0 radical (unpaired) electrons. The second-order valence-corrected chi connectivity index (χ2v) is 15.0. The number of ether oxygens (including phenoxy) is 1. The van der Waals surface area contributed by atoms with Crippen molar-refractivity contribution in [2.45, 2.75) is 5.41 Å². The van der Waals surface area contributed by atoms with Gasteiger partial charge in [-0.15, -0.1) is 35.2 Å². The van der Waals surface area contributed by atoms with Crippen LogP contribution < -0.4 is 19.1 Å². The average Bonchev–Trinajstić information content (AvgIpc) is 3.83. The van der Waals surface area contributed by atoms with Gasteiger partial charge in [-0.05, 0) is 75.7 Å². The molecule has 276 valence electrons. The van der Waals surface area contributed by atoms with Crippen molar-refractivity contribution >= 4 is 44.2 Å². The van der Waals surface area contributed by atoms with Gasteiger partial charge in [0.05, 0.1) is 18.1 Å². The first-order valence-corrected chi connectivity index (χ1v) is 18.5. The van der Waals surface area contributed by atoms with E-state index < -0.39 is 5.41 Å². The van der Waals surface area contributed by atoms with Crippen molar-refractivity contribution in [1.29, 1.82) is 0 Å². The molecule has 11 rings (SSSR count). The van der Waals surface area contributed by atoms with Crippen molar-refractivity contribution in [1.82, 2.24) is 14.1 Å². The van der Waals surface area contributed by atoms with E-state index in [1.807, 2.05) is 30.5 Å². The number of nitrogens with zero attached hydrogens (tertiary/aromatic N) is 6. The first-order chi connectivity index (χ1) is 26.8. The summed E-state index contributed by atoms with van der Waals surface area (Å²) >= 11 is 0. The zero-order valence-electron chi connectivity index (χ0n) is 31.5. The second kappa shape index (κ2) is 12.4. The van der Waals surface area contributed by atoms with Gasteiger partial charge in [0.15, 0.2) is 0 Å². The Kier molecular flexibility index (Phi) is 7.61. The third kappa shape index (κ3) is 4.61. The molecule has 0 saturated carbocycles. The number of fused-ring (bicyclic) bond motifs is 12. The quantitative estimate of drug-likeness (QED) is 0.128. The number of hydrogen-bond acceptors (Lipinski definition) is 4. The van der Waals surface area contributed by atoms with E-state index in [0.29, 0.717) is 11.5 Å². The topological polar surface area (TPSA) is 42.3 Å². The standard InChI is InChI=1S/C48H36N6O.Pt/c1-50(2)30-16-20-34-35-21-17-31(51(3)4)26-41(35)48(40(34)25-30)38-23-19-33(28-45(38)53-29-52(5)43-14-10-12-39(48)47(43)53)55-32-18-22-37-36-11-6-7-13-42(36)54(44(37)27-32)46-15-8-9-24-49-46;/h6-26H,1-5H3;/q-2;. The normalized spacial score (nSPS) is 13.1. The minimum atomic E-state index is -0.615. The van der Waals surface area contributed by atoms with Gasteiger partial charge in [0.1, 0.15) is 5.82 Å². The molecule has 56 heavy (non-hydrogen) atoms. The molecule has 0 saturated heterocycles. The Labute approximate surface area is 339 Å². The van der Waals surface area contributed by atoms with Gasteiger partial charge in [-0.1, -0.05) is 65.8 Å². The van der Waals surface area contributed by atoms with E-state index in [-0.39, 0.29) is 21.1 Å². The molecule has 1 aliphatic carbocycles. The Morgan fingerprint density at radius 2 is 1.36 bits per heavy atom. The van der Waals surface area contributed by atoms with Crippen LogP contribution in [0.1, 0.15) is 22.3 Å². The third-order valence-electron chi connectivity index (χ3n) is 11.6. The van der Waals surface area contributed by atoms with Crippen LogP contribution in [-0.2, 0) is 33.5 Å². The van der Waals surface area contributed by atoms with Crippen LogP contribution in [0.15, 0.2) is 128 Å². The van der Waals surface area contributed by atoms with E-state index in [1.165, 1.54) is 27.8 Å². The van der Waals surface area contributed by atoms with Crippen LogP contribution in [0.4, 0.5) is 11.4 Å². The summed E-state index contributed by atoms with van der Waals surface area (Å²) < 4.78 is 13.1. The summed E-state index contributed by atoms with van der Waals surface area (Å²) in [7, 11) is 10.5. The maximum Gasteiger partial charge on any atom is 0.242 e. The maximum atomic E-state index is 6.73. The van der Waals surface area contributed by atoms with Crippen molar-refractivity contribution in [3.8, 4) is 34.1 Å². The van der Waals surface area contributed by atoms with Crippen molar-refractivity contribution in [3.63, 3.8) is 0 Å². The third-order valence-corrected chi connectivity index (χ3v) is 11.6. The molecule has 4 heterocycles. The summed E-state index contributed by atoms with van der Waals surface area (Å²) in [6, 6.07) is 50.6. The predicted molar refractivity (Wildman–Crippen MR) is 219 cm³/mol. The summed E-state index contributed by atoms with van der Waals surface area (Å²) in [4.78, 5) is 9.08. The smallest absolute Gasteiger partial charge is 0.242 e. The number of pyridine rings is 1. The molecule has 9 aromatic rings. The monoisotopic (exact) mass is 907 g/mol. The molecule has 8 heteroatoms. The molecule has 1 aliphatic heterocycles. The summed E-state index contributed by atoms with van der Waals surface area (Å²) in [6.45, 7) is 0. The molecule has 0 bridgehead atoms. The van der Waals surface area contributed by atoms with Crippen molar-refractivity contribution in [2.75, 3.05) is 38.0 Å². The first kappa shape index (κ1) is 34.3. The van der Waals surface area contributed by atoms with Crippen molar-refractivity contribution < 1.29 is 30.4 Å². The van der Waals surface area contributed by atoms with E-state index in [9.17, 15) is 0 Å². The first-order valence-electron chi connectivity index (χ1n) is 18.5. The zero-order valence-corrected chi connectivity index (χ0v) is 33.8. The molecular formula is C48H36N6OPt-2. The fourth-order valence-electron chi connectivity index (χ4n) is 9.12. The summed E-state index contributed by atoms with van der Waals surface area (Å²) in [5, 5.41) is 2.23. The van der Waals surface area contributed by atoms with Crippen LogP contribution in [0.3, 0.4) is 0 Å². The van der Waals surface area contributed by atoms with Crippen LogP contribution in [0, 0.1) is 18.5 Å². The summed E-state index contributed by atoms with van der Waals surface area (Å²) in [5.41, 5.74) is 14.2. The molecule has 0 amide bonds. The fraction of sp³-hybridized carbons (Fsp3) is 0.125. The minimum absolute atomic E-state index is 0. The van der Waals surface area contributed by atoms with Crippen LogP contribution in [0.25, 0.3) is 55.5 Å². The number of para-hydroxylation sites is 2. The molecule has 2 aliphatic rings. The van der Waals surface area contributed by atoms with Gasteiger partial charge in [0.2, 0.25) is 6.33 Å². The molecule has 3 aromatic heterocycles. The van der Waals surface area contributed by atoms with Gasteiger partial charge in [-0.2, -0.15) is 12.1 Å². The molecule has 0 fully saturated rings.